The van der Waals surface area contributed by atoms with Gasteiger partial charge in [0, 0.05) is 25.3 Å². The van der Waals surface area contributed by atoms with Crippen LogP contribution in [0, 0.1) is 5.92 Å². The number of nitrogens with zero attached hydrogens (tertiary/aromatic N) is 1. The molecule has 1 N–H and O–H groups in total. The molecule has 2 rings (SSSR count). The van der Waals surface area contributed by atoms with Gasteiger partial charge < -0.3 is 10.2 Å². The van der Waals surface area contributed by atoms with Crippen LogP contribution in [0.15, 0.2) is 30.3 Å². The van der Waals surface area contributed by atoms with Crippen LogP contribution in [0.4, 0.5) is 5.69 Å². The maximum absolute atomic E-state index is 3.42. The highest BCUT2D eigenvalue weighted by Crippen LogP contribution is 2.33. The Morgan fingerprint density at radius 1 is 1.33 bits per heavy atom. The zero-order valence-corrected chi connectivity index (χ0v) is 9.61. The van der Waals surface area contributed by atoms with Gasteiger partial charge in [-0.25, -0.2) is 0 Å². The molecule has 2 heteroatoms. The van der Waals surface area contributed by atoms with E-state index < -0.39 is 0 Å². The van der Waals surface area contributed by atoms with Gasteiger partial charge >= 0.3 is 0 Å². The minimum absolute atomic E-state index is 0.648. The fourth-order valence-electron chi connectivity index (χ4n) is 2.06. The van der Waals surface area contributed by atoms with E-state index in [2.05, 4.69) is 54.6 Å². The minimum Gasteiger partial charge on any atom is -0.373 e. The summed E-state index contributed by atoms with van der Waals surface area (Å²) in [4.78, 5) is 2.33. The summed E-state index contributed by atoms with van der Waals surface area (Å²) in [7, 11) is 4.24. The molecule has 1 unspecified atom stereocenters. The monoisotopic (exact) mass is 204 g/mol. The molecule has 1 aromatic carbocycles. The van der Waals surface area contributed by atoms with E-state index in [4.69, 9.17) is 0 Å². The van der Waals surface area contributed by atoms with Gasteiger partial charge in [0.15, 0.2) is 0 Å². The maximum atomic E-state index is 3.42. The molecule has 82 valence electrons. The Labute approximate surface area is 92.3 Å². The van der Waals surface area contributed by atoms with Gasteiger partial charge in [-0.3, -0.25) is 0 Å². The Morgan fingerprint density at radius 3 is 2.53 bits per heavy atom. The normalized spacial score (nSPS) is 17.5. The highest BCUT2D eigenvalue weighted by atomic mass is 15.1. The number of nitrogens with one attached hydrogen (secondary N) is 1. The second kappa shape index (κ2) is 4.67. The lowest BCUT2D eigenvalue weighted by Gasteiger charge is -2.25. The number of likely N-dealkylation sites (N-methyl/N-ethyl adjacent to an activating group) is 2. The van der Waals surface area contributed by atoms with Crippen LogP contribution in [-0.2, 0) is 0 Å². The number of hydrogen-bond acceptors (Lipinski definition) is 2. The summed E-state index contributed by atoms with van der Waals surface area (Å²) in [6.07, 6.45) is 2.79. The summed E-state index contributed by atoms with van der Waals surface area (Å²) < 4.78 is 0. The molecule has 1 aromatic rings. The number of para-hydroxylation sites is 1. The maximum Gasteiger partial charge on any atom is 0.0364 e. The molecular formula is C13H20N2. The van der Waals surface area contributed by atoms with E-state index in [1.54, 1.807) is 0 Å². The Hall–Kier alpha value is -1.02. The summed E-state index contributed by atoms with van der Waals surface area (Å²) in [5.74, 6) is 0.904. The van der Waals surface area contributed by atoms with Crippen LogP contribution in [0.25, 0.3) is 0 Å². The van der Waals surface area contributed by atoms with E-state index in [0.29, 0.717) is 6.04 Å². The summed E-state index contributed by atoms with van der Waals surface area (Å²) >= 11 is 0. The molecule has 1 aliphatic rings. The Bertz CT molecular complexity index is 293. The second-order valence-corrected chi connectivity index (χ2v) is 4.45. The Morgan fingerprint density at radius 2 is 2.00 bits per heavy atom. The van der Waals surface area contributed by atoms with E-state index >= 15 is 0 Å². The predicted octanol–water partition coefficient (Wildman–Crippen LogP) is 2.12. The van der Waals surface area contributed by atoms with Crippen molar-refractivity contribution < 1.29 is 0 Å². The average Bonchev–Trinajstić information content (AvgIpc) is 3.10. The topological polar surface area (TPSA) is 15.3 Å². The van der Waals surface area contributed by atoms with Crippen LogP contribution < -0.4 is 10.2 Å². The molecule has 0 aliphatic heterocycles. The lowest BCUT2D eigenvalue weighted by atomic mass is 10.1. The van der Waals surface area contributed by atoms with Crippen LogP contribution in [0.3, 0.4) is 0 Å². The van der Waals surface area contributed by atoms with Crippen LogP contribution in [0.1, 0.15) is 12.8 Å². The molecule has 1 fully saturated rings. The molecule has 1 aliphatic carbocycles. The summed E-state index contributed by atoms with van der Waals surface area (Å²) in [5, 5.41) is 3.42. The van der Waals surface area contributed by atoms with Gasteiger partial charge in [0.05, 0.1) is 0 Å². The van der Waals surface area contributed by atoms with E-state index in [1.165, 1.54) is 18.5 Å². The first-order chi connectivity index (χ1) is 7.31. The first-order valence-corrected chi connectivity index (χ1v) is 5.74. The van der Waals surface area contributed by atoms with Crippen molar-refractivity contribution in [3.63, 3.8) is 0 Å². The van der Waals surface area contributed by atoms with Crippen LogP contribution >= 0.6 is 0 Å². The highest BCUT2D eigenvalue weighted by Gasteiger charge is 2.30. The van der Waals surface area contributed by atoms with E-state index in [1.807, 2.05) is 0 Å². The second-order valence-electron chi connectivity index (χ2n) is 4.45. The van der Waals surface area contributed by atoms with Gasteiger partial charge in [0.1, 0.15) is 0 Å². The van der Waals surface area contributed by atoms with E-state index in [9.17, 15) is 0 Å². The Balaban J connectivity index is 1.93. The molecule has 0 aromatic heterocycles. The smallest absolute Gasteiger partial charge is 0.0364 e. The third kappa shape index (κ3) is 2.72. The predicted molar refractivity (Wildman–Crippen MR) is 65.3 cm³/mol. The third-order valence-electron chi connectivity index (χ3n) is 3.23. The average molecular weight is 204 g/mol. The van der Waals surface area contributed by atoms with Crippen LogP contribution in [0.2, 0.25) is 0 Å². The van der Waals surface area contributed by atoms with Crippen molar-refractivity contribution in [3.8, 4) is 0 Å². The van der Waals surface area contributed by atoms with E-state index in [0.717, 1.165) is 12.5 Å². The van der Waals surface area contributed by atoms with Crippen molar-refractivity contribution in [2.24, 2.45) is 5.92 Å². The van der Waals surface area contributed by atoms with Gasteiger partial charge in [-0.15, -0.1) is 0 Å². The lowest BCUT2D eigenvalue weighted by Crippen LogP contribution is -2.39. The highest BCUT2D eigenvalue weighted by molar-refractivity contribution is 5.45. The zero-order valence-electron chi connectivity index (χ0n) is 9.61. The van der Waals surface area contributed by atoms with Crippen molar-refractivity contribution in [1.29, 1.82) is 0 Å². The quantitative estimate of drug-likeness (QED) is 0.790. The fourth-order valence-corrected chi connectivity index (χ4v) is 2.06. The van der Waals surface area contributed by atoms with Gasteiger partial charge in [0.25, 0.3) is 0 Å². The number of anilines is 1. The van der Waals surface area contributed by atoms with Gasteiger partial charge in [0.2, 0.25) is 0 Å². The number of hydrogen-bond donors (Lipinski definition) is 1. The first kappa shape index (κ1) is 10.5. The van der Waals surface area contributed by atoms with Crippen molar-refractivity contribution in [3.05, 3.63) is 30.3 Å². The SMILES string of the molecule is CNC(CN(C)c1ccccc1)C1CC1. The molecule has 2 nitrogen and oxygen atoms in total. The van der Waals surface area contributed by atoms with Gasteiger partial charge in [-0.05, 0) is 37.9 Å². The standard InChI is InChI=1S/C13H20N2/c1-14-13(11-8-9-11)10-15(2)12-6-4-3-5-7-12/h3-7,11,13-14H,8-10H2,1-2H3. The zero-order chi connectivity index (χ0) is 10.7. The molecule has 0 radical (unpaired) electrons. The third-order valence-corrected chi connectivity index (χ3v) is 3.23. The van der Waals surface area contributed by atoms with Crippen molar-refractivity contribution in [2.45, 2.75) is 18.9 Å². The molecule has 0 heterocycles. The number of benzene rings is 1. The van der Waals surface area contributed by atoms with Crippen LogP contribution in [0.5, 0.6) is 0 Å². The van der Waals surface area contributed by atoms with E-state index in [-0.39, 0.29) is 0 Å². The molecule has 1 saturated carbocycles. The Kier molecular flexibility index (Phi) is 3.27. The van der Waals surface area contributed by atoms with Crippen molar-refractivity contribution >= 4 is 5.69 Å². The summed E-state index contributed by atoms with van der Waals surface area (Å²) in [6.45, 7) is 1.10. The van der Waals surface area contributed by atoms with Crippen molar-refractivity contribution in [2.75, 3.05) is 25.5 Å². The molecule has 0 bridgehead atoms. The van der Waals surface area contributed by atoms with Crippen LogP contribution in [-0.4, -0.2) is 26.7 Å². The largest absolute Gasteiger partial charge is 0.373 e. The first-order valence-electron chi connectivity index (χ1n) is 5.74. The minimum atomic E-state index is 0.648. The molecule has 1 atom stereocenters. The molecular weight excluding hydrogens is 184 g/mol. The fraction of sp³-hybridized carbons (Fsp3) is 0.538. The molecule has 15 heavy (non-hydrogen) atoms. The summed E-state index contributed by atoms with van der Waals surface area (Å²) in [5.41, 5.74) is 1.30. The molecule has 0 amide bonds. The molecule has 0 spiro atoms. The van der Waals surface area contributed by atoms with Gasteiger partial charge in [-0.1, -0.05) is 18.2 Å². The number of rotatable bonds is 5. The summed E-state index contributed by atoms with van der Waals surface area (Å²) in [6, 6.07) is 11.2. The molecule has 0 saturated heterocycles. The van der Waals surface area contributed by atoms with Crippen molar-refractivity contribution in [1.82, 2.24) is 5.32 Å². The lowest BCUT2D eigenvalue weighted by molar-refractivity contribution is 0.503. The van der Waals surface area contributed by atoms with Gasteiger partial charge in [-0.2, -0.15) is 0 Å².